The van der Waals surface area contributed by atoms with Gasteiger partial charge < -0.3 is 20.5 Å². The van der Waals surface area contributed by atoms with Gasteiger partial charge in [0.1, 0.15) is 5.75 Å². The fraction of sp³-hybridized carbons (Fsp3) is 0.316. The number of phenolic OH excluding ortho intramolecular Hbond substituents is 1. The first-order chi connectivity index (χ1) is 12.0. The Morgan fingerprint density at radius 3 is 2.68 bits per heavy atom. The van der Waals surface area contributed by atoms with Crippen LogP contribution in [0.25, 0.3) is 0 Å². The summed E-state index contributed by atoms with van der Waals surface area (Å²) in [5.41, 5.74) is 2.84. The monoisotopic (exact) mass is 345 g/mol. The number of aliphatic imine (C=N–C) groups is 1. The number of nitrogens with one attached hydrogen (secondary N) is 2. The topological polar surface area (TPSA) is 65.9 Å². The molecule has 0 fully saturated rings. The first kappa shape index (κ1) is 18.6. The van der Waals surface area contributed by atoms with Crippen molar-refractivity contribution in [1.29, 1.82) is 0 Å². The lowest BCUT2D eigenvalue weighted by Gasteiger charge is -2.14. The molecule has 6 heteroatoms. The maximum absolute atomic E-state index is 13.4. The molecule has 0 saturated heterocycles. The molecule has 0 aliphatic rings. The zero-order valence-corrected chi connectivity index (χ0v) is 14.8. The third kappa shape index (κ3) is 5.38. The molecule has 2 aromatic rings. The second-order valence-electron chi connectivity index (χ2n) is 5.65. The number of nitrogens with zero attached hydrogens (tertiary/aromatic N) is 1. The Morgan fingerprint density at radius 2 is 2.00 bits per heavy atom. The van der Waals surface area contributed by atoms with Gasteiger partial charge in [0.15, 0.2) is 17.5 Å². The highest BCUT2D eigenvalue weighted by molar-refractivity contribution is 5.79. The van der Waals surface area contributed by atoms with Gasteiger partial charge in [-0.25, -0.2) is 9.38 Å². The van der Waals surface area contributed by atoms with Crippen LogP contribution >= 0.6 is 0 Å². The van der Waals surface area contributed by atoms with E-state index < -0.39 is 5.82 Å². The predicted octanol–water partition coefficient (Wildman–Crippen LogP) is 3.10. The van der Waals surface area contributed by atoms with Crippen molar-refractivity contribution in [3.05, 3.63) is 58.9 Å². The minimum Gasteiger partial charge on any atom is -0.505 e. The van der Waals surface area contributed by atoms with E-state index >= 15 is 0 Å². The molecule has 0 amide bonds. The fourth-order valence-corrected chi connectivity index (χ4v) is 2.34. The van der Waals surface area contributed by atoms with Crippen molar-refractivity contribution in [2.24, 2.45) is 4.99 Å². The van der Waals surface area contributed by atoms with Crippen LogP contribution in [0.3, 0.4) is 0 Å². The number of methoxy groups -OCH3 is 1. The molecule has 0 saturated carbocycles. The van der Waals surface area contributed by atoms with Crippen LogP contribution in [0.5, 0.6) is 11.5 Å². The van der Waals surface area contributed by atoms with Gasteiger partial charge in [-0.2, -0.15) is 0 Å². The number of hydrogen-bond acceptors (Lipinski definition) is 3. The number of hydrogen-bond donors (Lipinski definition) is 3. The lowest BCUT2D eigenvalue weighted by molar-refractivity contribution is 0.408. The van der Waals surface area contributed by atoms with Gasteiger partial charge in [0, 0.05) is 18.7 Å². The van der Waals surface area contributed by atoms with E-state index in [1.165, 1.54) is 12.1 Å². The van der Waals surface area contributed by atoms with Gasteiger partial charge in [0.25, 0.3) is 0 Å². The molecular formula is C19H24FN3O2. The zero-order valence-electron chi connectivity index (χ0n) is 14.8. The third-order valence-electron chi connectivity index (χ3n) is 3.66. The van der Waals surface area contributed by atoms with Gasteiger partial charge in [0.05, 0.1) is 13.7 Å². The van der Waals surface area contributed by atoms with E-state index in [-0.39, 0.29) is 5.75 Å². The van der Waals surface area contributed by atoms with Crippen molar-refractivity contribution < 1.29 is 14.2 Å². The van der Waals surface area contributed by atoms with Crippen molar-refractivity contribution in [3.8, 4) is 11.5 Å². The van der Waals surface area contributed by atoms with Crippen molar-refractivity contribution in [2.75, 3.05) is 13.7 Å². The van der Waals surface area contributed by atoms with Gasteiger partial charge in [0.2, 0.25) is 0 Å². The molecule has 134 valence electrons. The Morgan fingerprint density at radius 1 is 1.20 bits per heavy atom. The number of aromatic hydroxyl groups is 1. The lowest BCUT2D eigenvalue weighted by Crippen LogP contribution is -2.36. The minimum absolute atomic E-state index is 0.303. The van der Waals surface area contributed by atoms with Crippen molar-refractivity contribution in [1.82, 2.24) is 10.6 Å². The number of rotatable bonds is 6. The Labute approximate surface area is 147 Å². The number of guanidine groups is 1. The maximum atomic E-state index is 13.4. The van der Waals surface area contributed by atoms with Crippen molar-refractivity contribution >= 4 is 5.96 Å². The zero-order chi connectivity index (χ0) is 18.2. The molecule has 0 radical (unpaired) electrons. The van der Waals surface area contributed by atoms with Crippen LogP contribution in [-0.4, -0.2) is 24.7 Å². The molecule has 0 aliphatic heterocycles. The first-order valence-electron chi connectivity index (χ1n) is 8.16. The number of benzene rings is 2. The van der Waals surface area contributed by atoms with Gasteiger partial charge in [-0.15, -0.1) is 0 Å². The Balaban J connectivity index is 2.06. The van der Waals surface area contributed by atoms with Crippen molar-refractivity contribution in [2.45, 2.75) is 26.9 Å². The summed E-state index contributed by atoms with van der Waals surface area (Å²) >= 11 is 0. The number of halogens is 1. The third-order valence-corrected chi connectivity index (χ3v) is 3.66. The van der Waals surface area contributed by atoms with Gasteiger partial charge in [-0.1, -0.05) is 18.2 Å². The second kappa shape index (κ2) is 8.92. The molecule has 0 bridgehead atoms. The van der Waals surface area contributed by atoms with E-state index in [2.05, 4.69) is 15.6 Å². The van der Waals surface area contributed by atoms with E-state index in [0.29, 0.717) is 31.2 Å². The average molecular weight is 345 g/mol. The summed E-state index contributed by atoms with van der Waals surface area (Å²) in [7, 11) is 1.65. The molecule has 25 heavy (non-hydrogen) atoms. The number of aryl methyl sites for hydroxylation is 1. The predicted molar refractivity (Wildman–Crippen MR) is 97.5 cm³/mol. The van der Waals surface area contributed by atoms with E-state index in [0.717, 1.165) is 16.9 Å². The summed E-state index contributed by atoms with van der Waals surface area (Å²) < 4.78 is 18.8. The van der Waals surface area contributed by atoms with E-state index in [9.17, 15) is 9.50 Å². The minimum atomic E-state index is -0.643. The van der Waals surface area contributed by atoms with Crippen LogP contribution in [0.15, 0.2) is 41.4 Å². The summed E-state index contributed by atoms with van der Waals surface area (Å²) in [6.45, 7) is 5.56. The number of ether oxygens (including phenoxy) is 1. The molecule has 0 aromatic heterocycles. The highest BCUT2D eigenvalue weighted by Crippen LogP contribution is 2.19. The summed E-state index contributed by atoms with van der Waals surface area (Å²) in [6, 6.07) is 10.3. The molecule has 5 nitrogen and oxygen atoms in total. The SMILES string of the molecule is CCNC(=NCc1ccc(O)c(F)c1)NCc1ccc(C)cc1OC. The number of phenols is 1. The molecule has 0 unspecified atom stereocenters. The van der Waals surface area contributed by atoms with Crippen LogP contribution in [0.2, 0.25) is 0 Å². The molecule has 3 N–H and O–H groups in total. The van der Waals surface area contributed by atoms with Gasteiger partial charge >= 0.3 is 0 Å². The standard InChI is InChI=1S/C19H24FN3O2/c1-4-21-19(22-11-14-6-8-17(24)16(20)10-14)23-12-15-7-5-13(2)9-18(15)25-3/h5-10,24H,4,11-12H2,1-3H3,(H2,21,22,23). The van der Waals surface area contributed by atoms with Crippen LogP contribution in [-0.2, 0) is 13.1 Å². The van der Waals surface area contributed by atoms with E-state index in [1.807, 2.05) is 32.0 Å². The largest absolute Gasteiger partial charge is 0.505 e. The van der Waals surface area contributed by atoms with Crippen molar-refractivity contribution in [3.63, 3.8) is 0 Å². The second-order valence-corrected chi connectivity index (χ2v) is 5.65. The maximum Gasteiger partial charge on any atom is 0.191 e. The van der Waals surface area contributed by atoms with E-state index in [1.54, 1.807) is 13.2 Å². The summed E-state index contributed by atoms with van der Waals surface area (Å²) in [6.07, 6.45) is 0. The summed E-state index contributed by atoms with van der Waals surface area (Å²) in [5.74, 6) is 0.446. The molecular weight excluding hydrogens is 321 g/mol. The van der Waals surface area contributed by atoms with Gasteiger partial charge in [-0.3, -0.25) is 0 Å². The van der Waals surface area contributed by atoms with Crippen LogP contribution in [0.4, 0.5) is 4.39 Å². The Bertz CT molecular complexity index is 747. The highest BCUT2D eigenvalue weighted by Gasteiger charge is 2.05. The normalized spacial score (nSPS) is 11.3. The average Bonchev–Trinajstić information content (AvgIpc) is 2.61. The Hall–Kier alpha value is -2.76. The summed E-state index contributed by atoms with van der Waals surface area (Å²) in [4.78, 5) is 4.45. The van der Waals surface area contributed by atoms with Gasteiger partial charge in [-0.05, 0) is 43.2 Å². The molecule has 0 heterocycles. The van der Waals surface area contributed by atoms with Crippen LogP contribution in [0.1, 0.15) is 23.6 Å². The highest BCUT2D eigenvalue weighted by atomic mass is 19.1. The fourth-order valence-electron chi connectivity index (χ4n) is 2.34. The quantitative estimate of drug-likeness (QED) is 0.556. The lowest BCUT2D eigenvalue weighted by atomic mass is 10.1. The molecule has 0 aliphatic carbocycles. The van der Waals surface area contributed by atoms with E-state index in [4.69, 9.17) is 4.74 Å². The Kier molecular flexibility index (Phi) is 6.62. The van der Waals surface area contributed by atoms with Crippen LogP contribution < -0.4 is 15.4 Å². The molecule has 0 spiro atoms. The molecule has 0 atom stereocenters. The van der Waals surface area contributed by atoms with Crippen LogP contribution in [0, 0.1) is 12.7 Å². The summed E-state index contributed by atoms with van der Waals surface area (Å²) in [5, 5.41) is 15.6. The smallest absolute Gasteiger partial charge is 0.191 e. The molecule has 2 aromatic carbocycles. The molecule has 2 rings (SSSR count). The first-order valence-corrected chi connectivity index (χ1v) is 8.16.